The van der Waals surface area contributed by atoms with Gasteiger partial charge in [-0.3, -0.25) is 29.2 Å². The molecule has 1 aromatic rings. The van der Waals surface area contributed by atoms with E-state index in [-0.39, 0.29) is 70.0 Å². The van der Waals surface area contributed by atoms with Crippen LogP contribution in [0.15, 0.2) is 22.5 Å². The summed E-state index contributed by atoms with van der Waals surface area (Å²) in [5, 5.41) is 17.1. The maximum absolute atomic E-state index is 13.3. The number of hydrogen-bond acceptors (Lipinski definition) is 9. The lowest BCUT2D eigenvalue weighted by atomic mass is 10.1. The van der Waals surface area contributed by atoms with Gasteiger partial charge in [0.15, 0.2) is 11.9 Å². The van der Waals surface area contributed by atoms with E-state index in [2.05, 4.69) is 35.9 Å². The maximum atomic E-state index is 13.3. The number of nitrogens with two attached hydrogens (primary N) is 6. The Hall–Kier alpha value is -4.94. The summed E-state index contributed by atoms with van der Waals surface area (Å²) in [6.07, 6.45) is 3.08. The molecule has 19 heteroatoms. The number of rotatable bonds is 20. The van der Waals surface area contributed by atoms with Gasteiger partial charge in [0, 0.05) is 37.8 Å². The highest BCUT2D eigenvalue weighted by Gasteiger charge is 2.30. The Morgan fingerprint density at radius 1 is 0.810 bits per heavy atom. The van der Waals surface area contributed by atoms with Crippen LogP contribution < -0.4 is 50.4 Å². The molecule has 0 aliphatic carbocycles. The first-order chi connectivity index (χ1) is 19.8. The van der Waals surface area contributed by atoms with E-state index < -0.39 is 53.8 Å². The lowest BCUT2D eigenvalue weighted by Crippen LogP contribution is -2.57. The quantitative estimate of drug-likeness (QED) is 0.0384. The molecular formula is C23H41N13O6. The Morgan fingerprint density at radius 2 is 1.31 bits per heavy atom. The Morgan fingerprint density at radius 3 is 1.74 bits per heavy atom. The molecule has 234 valence electrons. The van der Waals surface area contributed by atoms with E-state index in [1.165, 1.54) is 12.5 Å². The standard InChI is InChI=1S/C23H41N13O6/c24-13(5-6-17(25)37)18(38)34-14(3-1-7-31-22(26)27)19(39)35-15(4-2-8-32-23(28)29)20(40)36-16(21(41)42)9-12-10-30-11-33-12/h10-11,13-16H,1-9,24H2,(H2,25,37)(H,30,33)(H,34,38)(H,35,39)(H,36,40)(H,41,42)(H4,26,27,31)(H4,28,29,32). The summed E-state index contributed by atoms with van der Waals surface area (Å²) in [7, 11) is 0. The van der Waals surface area contributed by atoms with Gasteiger partial charge in [0.05, 0.1) is 12.4 Å². The van der Waals surface area contributed by atoms with Gasteiger partial charge in [0.1, 0.15) is 18.1 Å². The average molecular weight is 596 g/mol. The van der Waals surface area contributed by atoms with Crippen LogP contribution in [0.25, 0.3) is 0 Å². The van der Waals surface area contributed by atoms with Crippen LogP contribution in [-0.4, -0.2) is 93.8 Å². The van der Waals surface area contributed by atoms with Crippen molar-refractivity contribution in [3.8, 4) is 0 Å². The van der Waals surface area contributed by atoms with Crippen LogP contribution in [0.4, 0.5) is 0 Å². The highest BCUT2D eigenvalue weighted by atomic mass is 16.4. The first-order valence-corrected chi connectivity index (χ1v) is 13.1. The second-order valence-electron chi connectivity index (χ2n) is 9.31. The van der Waals surface area contributed by atoms with Gasteiger partial charge < -0.3 is 60.4 Å². The van der Waals surface area contributed by atoms with Gasteiger partial charge in [0.25, 0.3) is 0 Å². The molecule has 42 heavy (non-hydrogen) atoms. The van der Waals surface area contributed by atoms with E-state index in [4.69, 9.17) is 34.4 Å². The normalized spacial score (nSPS) is 13.5. The molecule has 0 fully saturated rings. The lowest BCUT2D eigenvalue weighted by Gasteiger charge is -2.25. The number of primary amides is 1. The Labute approximate surface area is 241 Å². The van der Waals surface area contributed by atoms with E-state index in [0.717, 1.165) is 0 Å². The number of amides is 4. The van der Waals surface area contributed by atoms with Gasteiger partial charge in [-0.15, -0.1) is 0 Å². The molecule has 4 atom stereocenters. The van der Waals surface area contributed by atoms with Gasteiger partial charge in [-0.1, -0.05) is 0 Å². The number of carboxylic acid groups (broad SMARTS) is 1. The predicted octanol–water partition coefficient (Wildman–Crippen LogP) is -4.81. The van der Waals surface area contributed by atoms with Crippen molar-refractivity contribution < 1.29 is 29.1 Å². The minimum absolute atomic E-state index is 0.0253. The van der Waals surface area contributed by atoms with Crippen LogP contribution in [-0.2, 0) is 30.4 Å². The minimum atomic E-state index is -1.34. The Balaban J connectivity index is 3.09. The second-order valence-corrected chi connectivity index (χ2v) is 9.31. The second kappa shape index (κ2) is 18.4. The topological polar surface area (TPSA) is 351 Å². The predicted molar refractivity (Wildman–Crippen MR) is 152 cm³/mol. The molecule has 4 amide bonds. The van der Waals surface area contributed by atoms with Gasteiger partial charge in [-0.25, -0.2) is 9.78 Å². The fourth-order valence-electron chi connectivity index (χ4n) is 3.61. The van der Waals surface area contributed by atoms with Crippen molar-refractivity contribution in [2.45, 2.75) is 69.1 Å². The number of aromatic nitrogens is 2. The number of carboxylic acids is 1. The van der Waals surface area contributed by atoms with E-state index in [9.17, 15) is 29.1 Å². The van der Waals surface area contributed by atoms with Gasteiger partial charge in [0.2, 0.25) is 23.6 Å². The molecule has 0 bridgehead atoms. The third-order valence-corrected chi connectivity index (χ3v) is 5.79. The van der Waals surface area contributed by atoms with Crippen LogP contribution in [0.5, 0.6) is 0 Å². The van der Waals surface area contributed by atoms with Gasteiger partial charge in [-0.2, -0.15) is 0 Å². The highest BCUT2D eigenvalue weighted by Crippen LogP contribution is 2.07. The lowest BCUT2D eigenvalue weighted by molar-refractivity contribution is -0.142. The van der Waals surface area contributed by atoms with Gasteiger partial charge in [-0.05, 0) is 32.1 Å². The number of carbonyl (C=O) groups excluding carboxylic acids is 4. The molecule has 1 heterocycles. The highest BCUT2D eigenvalue weighted by molar-refractivity contribution is 5.94. The number of aliphatic carboxylic acids is 1. The number of aromatic amines is 1. The fraction of sp³-hybridized carbons (Fsp3) is 0.565. The molecule has 1 rings (SSSR count). The number of hydrogen-bond donors (Lipinski definition) is 11. The van der Waals surface area contributed by atoms with Crippen molar-refractivity contribution in [1.82, 2.24) is 25.9 Å². The number of carbonyl (C=O) groups is 5. The molecule has 0 saturated carbocycles. The van der Waals surface area contributed by atoms with Crippen LogP contribution in [0.3, 0.4) is 0 Å². The Kier molecular flexibility index (Phi) is 15.4. The third kappa shape index (κ3) is 14.4. The van der Waals surface area contributed by atoms with Crippen LogP contribution in [0.1, 0.15) is 44.2 Å². The molecule has 0 radical (unpaired) electrons. The van der Waals surface area contributed by atoms with Crippen LogP contribution in [0.2, 0.25) is 0 Å². The molecule has 0 aromatic carbocycles. The molecule has 17 N–H and O–H groups in total. The molecule has 0 aliphatic heterocycles. The van der Waals surface area contributed by atoms with Crippen molar-refractivity contribution in [1.29, 1.82) is 0 Å². The summed E-state index contributed by atoms with van der Waals surface area (Å²) >= 11 is 0. The van der Waals surface area contributed by atoms with Crippen molar-refractivity contribution in [3.05, 3.63) is 18.2 Å². The number of guanidine groups is 2. The summed E-state index contributed by atoms with van der Waals surface area (Å²) in [5.41, 5.74) is 32.8. The summed E-state index contributed by atoms with van der Waals surface area (Å²) in [6, 6.07) is -4.88. The van der Waals surface area contributed by atoms with Crippen molar-refractivity contribution in [3.63, 3.8) is 0 Å². The summed E-state index contributed by atoms with van der Waals surface area (Å²) in [4.78, 5) is 76.3. The summed E-state index contributed by atoms with van der Waals surface area (Å²) in [6.45, 7) is 0.276. The molecule has 0 aliphatic rings. The zero-order chi connectivity index (χ0) is 31.7. The van der Waals surface area contributed by atoms with E-state index in [0.29, 0.717) is 5.69 Å². The molecule has 0 saturated heterocycles. The summed E-state index contributed by atoms with van der Waals surface area (Å²) in [5.74, 6) is -4.54. The maximum Gasteiger partial charge on any atom is 0.326 e. The first-order valence-electron chi connectivity index (χ1n) is 13.1. The molecule has 19 nitrogen and oxygen atoms in total. The molecular weight excluding hydrogens is 554 g/mol. The fourth-order valence-corrected chi connectivity index (χ4v) is 3.61. The van der Waals surface area contributed by atoms with Crippen LogP contribution >= 0.6 is 0 Å². The number of aliphatic imine (C=N–C) groups is 2. The Bertz CT molecular complexity index is 1100. The smallest absolute Gasteiger partial charge is 0.326 e. The SMILES string of the molecule is NC(=O)CCC(N)C(=O)NC(CCCN=C(N)N)C(=O)NC(CCCN=C(N)N)C(=O)NC(Cc1cnc[nH]1)C(=O)O. The molecule has 4 unspecified atom stereocenters. The number of H-pyrrole nitrogens is 1. The molecule has 0 spiro atoms. The first kappa shape index (κ1) is 35.1. The van der Waals surface area contributed by atoms with Crippen molar-refractivity contribution >= 4 is 41.5 Å². The molecule has 1 aromatic heterocycles. The van der Waals surface area contributed by atoms with Gasteiger partial charge >= 0.3 is 5.97 Å². The zero-order valence-corrected chi connectivity index (χ0v) is 23.1. The van der Waals surface area contributed by atoms with Crippen molar-refractivity contribution in [2.75, 3.05) is 13.1 Å². The minimum Gasteiger partial charge on any atom is -0.480 e. The number of nitrogens with zero attached hydrogens (tertiary/aromatic N) is 3. The van der Waals surface area contributed by atoms with Crippen molar-refractivity contribution in [2.24, 2.45) is 44.4 Å². The van der Waals surface area contributed by atoms with Crippen LogP contribution in [0, 0.1) is 0 Å². The third-order valence-electron chi connectivity index (χ3n) is 5.79. The number of nitrogens with one attached hydrogen (secondary N) is 4. The zero-order valence-electron chi connectivity index (χ0n) is 23.1. The largest absolute Gasteiger partial charge is 0.480 e. The summed E-state index contributed by atoms with van der Waals surface area (Å²) < 4.78 is 0. The van der Waals surface area contributed by atoms with E-state index in [1.54, 1.807) is 0 Å². The van der Waals surface area contributed by atoms with E-state index in [1.807, 2.05) is 0 Å². The monoisotopic (exact) mass is 595 g/mol. The average Bonchev–Trinajstić information content (AvgIpc) is 3.42. The van der Waals surface area contributed by atoms with E-state index >= 15 is 0 Å². The number of imidazole rings is 1.